The number of carbonyl (C=O) groups excluding carboxylic acids is 5. The third-order valence-corrected chi connectivity index (χ3v) is 7.92. The lowest BCUT2D eigenvalue weighted by molar-refractivity contribution is -0.165. The Morgan fingerprint density at radius 1 is 0.957 bits per heavy atom. The van der Waals surface area contributed by atoms with Crippen LogP contribution in [0.1, 0.15) is 85.6 Å². The summed E-state index contributed by atoms with van der Waals surface area (Å²) >= 11 is 0. The molecule has 2 heterocycles. The maximum atomic E-state index is 14.2. The second-order valence-corrected chi connectivity index (χ2v) is 14.1. The summed E-state index contributed by atoms with van der Waals surface area (Å²) in [6.45, 7) is 15.5. The van der Waals surface area contributed by atoms with Crippen LogP contribution in [0.4, 0.5) is 9.59 Å². The molecule has 12 heteroatoms. The molecule has 0 spiro atoms. The number of esters is 1. The Morgan fingerprint density at radius 3 is 2.28 bits per heavy atom. The minimum atomic E-state index is -0.965. The molecule has 0 aromatic heterocycles. The molecule has 0 unspecified atom stereocenters. The molecule has 2 fully saturated rings. The largest absolute Gasteiger partial charge is 0.458 e. The van der Waals surface area contributed by atoms with Crippen LogP contribution < -0.4 is 10.6 Å². The third kappa shape index (κ3) is 11.6. The summed E-state index contributed by atoms with van der Waals surface area (Å²) in [4.78, 5) is 69.3. The van der Waals surface area contributed by atoms with Crippen molar-refractivity contribution < 1.29 is 38.2 Å². The first-order chi connectivity index (χ1) is 22.1. The summed E-state index contributed by atoms with van der Waals surface area (Å²) in [5.41, 5.74) is -0.607. The maximum Gasteiger partial charge on any atom is 0.408 e. The number of hydrogen-bond donors (Lipinski definition) is 2. The van der Waals surface area contributed by atoms with Gasteiger partial charge in [0.15, 0.2) is 0 Å². The minimum Gasteiger partial charge on any atom is -0.458 e. The molecule has 12 nitrogen and oxygen atoms in total. The first-order valence-electron chi connectivity index (χ1n) is 16.5. The summed E-state index contributed by atoms with van der Waals surface area (Å²) in [6.07, 6.45) is 3.25. The number of piperidine rings is 1. The average Bonchev–Trinajstić information content (AvgIpc) is 3.48. The number of nitrogens with zero attached hydrogens (tertiary/aromatic N) is 2. The summed E-state index contributed by atoms with van der Waals surface area (Å²) < 4.78 is 16.3. The standard InChI is InChI=1S/C35H52N4O8/c1-8-25-19-22-39(30(41)28(25)37-33(44)47-35(5,6)7)26(29(40)38-21-14-18-27(38)31(42)46-34(2,3)4)17-12-13-20-36-32(43)45-23-24-15-10-9-11-16-24/h8-11,15-16,25-28H,1,12-14,17-23H2,2-7H3,(H,36,43)(H,37,44)/t25-,26+,27+,28+/m1/s1. The van der Waals surface area contributed by atoms with E-state index in [0.29, 0.717) is 51.6 Å². The number of ether oxygens (including phenoxy) is 3. The highest BCUT2D eigenvalue weighted by Crippen LogP contribution is 2.28. The Labute approximate surface area is 278 Å². The Morgan fingerprint density at radius 2 is 1.64 bits per heavy atom. The molecule has 1 aromatic carbocycles. The van der Waals surface area contributed by atoms with Gasteiger partial charge in [0, 0.05) is 25.6 Å². The van der Waals surface area contributed by atoms with Gasteiger partial charge in [0.1, 0.15) is 35.9 Å². The lowest BCUT2D eigenvalue weighted by Gasteiger charge is -2.42. The van der Waals surface area contributed by atoms with E-state index in [9.17, 15) is 24.0 Å². The molecule has 0 bridgehead atoms. The van der Waals surface area contributed by atoms with Gasteiger partial charge in [-0.2, -0.15) is 0 Å². The van der Waals surface area contributed by atoms with Crippen molar-refractivity contribution in [2.75, 3.05) is 19.6 Å². The predicted octanol–water partition coefficient (Wildman–Crippen LogP) is 4.71. The Hall–Kier alpha value is -4.09. The van der Waals surface area contributed by atoms with E-state index in [1.54, 1.807) is 47.6 Å². The number of unbranched alkanes of at least 4 members (excludes halogenated alkanes) is 1. The maximum absolute atomic E-state index is 14.2. The highest BCUT2D eigenvalue weighted by molar-refractivity contribution is 5.94. The zero-order valence-corrected chi connectivity index (χ0v) is 28.7. The molecule has 260 valence electrons. The predicted molar refractivity (Wildman–Crippen MR) is 176 cm³/mol. The lowest BCUT2D eigenvalue weighted by Crippen LogP contribution is -2.62. The van der Waals surface area contributed by atoms with E-state index in [0.717, 1.165) is 5.56 Å². The normalized spacial score (nSPS) is 20.6. The Kier molecular flexibility index (Phi) is 13.2. The molecule has 0 aliphatic carbocycles. The number of amides is 4. The van der Waals surface area contributed by atoms with Gasteiger partial charge in [0.25, 0.3) is 0 Å². The number of rotatable bonds is 12. The summed E-state index contributed by atoms with van der Waals surface area (Å²) in [6, 6.07) is 6.75. The van der Waals surface area contributed by atoms with Crippen LogP contribution in [0, 0.1) is 5.92 Å². The molecule has 47 heavy (non-hydrogen) atoms. The second-order valence-electron chi connectivity index (χ2n) is 14.1. The van der Waals surface area contributed by atoms with E-state index in [4.69, 9.17) is 14.2 Å². The van der Waals surface area contributed by atoms with Crippen LogP contribution in [0.25, 0.3) is 0 Å². The monoisotopic (exact) mass is 656 g/mol. The van der Waals surface area contributed by atoms with E-state index >= 15 is 0 Å². The van der Waals surface area contributed by atoms with Crippen LogP contribution in [-0.4, -0.2) is 88.7 Å². The molecule has 0 saturated carbocycles. The van der Waals surface area contributed by atoms with Crippen molar-refractivity contribution in [3.05, 3.63) is 48.6 Å². The first kappa shape index (κ1) is 37.4. The van der Waals surface area contributed by atoms with E-state index < -0.39 is 53.4 Å². The van der Waals surface area contributed by atoms with Gasteiger partial charge in [-0.25, -0.2) is 14.4 Å². The fourth-order valence-corrected chi connectivity index (χ4v) is 5.77. The number of hydrogen-bond acceptors (Lipinski definition) is 8. The van der Waals surface area contributed by atoms with Gasteiger partial charge in [-0.15, -0.1) is 6.58 Å². The van der Waals surface area contributed by atoms with Crippen LogP contribution in [-0.2, 0) is 35.2 Å². The second kappa shape index (κ2) is 16.6. The molecular formula is C35H52N4O8. The van der Waals surface area contributed by atoms with Crippen LogP contribution >= 0.6 is 0 Å². The van der Waals surface area contributed by atoms with Gasteiger partial charge in [0.2, 0.25) is 11.8 Å². The van der Waals surface area contributed by atoms with Crippen LogP contribution in [0.5, 0.6) is 0 Å². The highest BCUT2D eigenvalue weighted by Gasteiger charge is 2.45. The first-order valence-corrected chi connectivity index (χ1v) is 16.5. The molecule has 2 aliphatic rings. The molecule has 4 amide bonds. The van der Waals surface area contributed by atoms with Crippen LogP contribution in [0.2, 0.25) is 0 Å². The SMILES string of the molecule is C=C[C@@H]1CCN([C@@H](CCCCNC(=O)OCc2ccccc2)C(=O)N2CCC[C@H]2C(=O)OC(C)(C)C)C(=O)[C@H]1NC(=O)OC(C)(C)C. The van der Waals surface area contributed by atoms with Crippen molar-refractivity contribution in [1.29, 1.82) is 0 Å². The van der Waals surface area contributed by atoms with Crippen molar-refractivity contribution in [1.82, 2.24) is 20.4 Å². The fourth-order valence-electron chi connectivity index (χ4n) is 5.77. The third-order valence-electron chi connectivity index (χ3n) is 7.92. The fraction of sp³-hybridized carbons (Fsp3) is 0.629. The highest BCUT2D eigenvalue weighted by atomic mass is 16.6. The van der Waals surface area contributed by atoms with Crippen molar-refractivity contribution in [3.8, 4) is 0 Å². The van der Waals surface area contributed by atoms with E-state index in [-0.39, 0.29) is 25.0 Å². The van der Waals surface area contributed by atoms with Crippen molar-refractivity contribution in [2.24, 2.45) is 5.92 Å². The molecule has 2 N–H and O–H groups in total. The number of nitrogens with one attached hydrogen (secondary N) is 2. The van der Waals surface area contributed by atoms with E-state index in [1.807, 2.05) is 30.3 Å². The number of benzene rings is 1. The molecule has 2 saturated heterocycles. The molecule has 4 atom stereocenters. The summed E-state index contributed by atoms with van der Waals surface area (Å²) in [7, 11) is 0. The van der Waals surface area contributed by atoms with E-state index in [1.165, 1.54) is 9.80 Å². The van der Waals surface area contributed by atoms with Gasteiger partial charge >= 0.3 is 18.2 Å². The average molecular weight is 657 g/mol. The zero-order valence-electron chi connectivity index (χ0n) is 28.7. The summed E-state index contributed by atoms with van der Waals surface area (Å²) in [5, 5.41) is 5.43. The number of carbonyl (C=O) groups is 5. The Bertz CT molecular complexity index is 1260. The van der Waals surface area contributed by atoms with Gasteiger partial charge < -0.3 is 34.6 Å². The van der Waals surface area contributed by atoms with E-state index in [2.05, 4.69) is 17.2 Å². The molecule has 1 aromatic rings. The summed E-state index contributed by atoms with van der Waals surface area (Å²) in [5.74, 6) is -1.58. The van der Waals surface area contributed by atoms with Crippen LogP contribution in [0.15, 0.2) is 43.0 Å². The topological polar surface area (TPSA) is 144 Å². The smallest absolute Gasteiger partial charge is 0.408 e. The quantitative estimate of drug-likeness (QED) is 0.143. The molecule has 3 rings (SSSR count). The Balaban J connectivity index is 1.72. The molecule has 0 radical (unpaired) electrons. The van der Waals surface area contributed by atoms with Gasteiger partial charge in [-0.3, -0.25) is 9.59 Å². The van der Waals surface area contributed by atoms with Crippen molar-refractivity contribution >= 4 is 30.0 Å². The number of alkyl carbamates (subject to hydrolysis) is 2. The van der Waals surface area contributed by atoms with Gasteiger partial charge in [-0.05, 0) is 85.6 Å². The lowest BCUT2D eigenvalue weighted by atomic mass is 9.89. The van der Waals surface area contributed by atoms with Gasteiger partial charge in [0.05, 0.1) is 0 Å². The van der Waals surface area contributed by atoms with Gasteiger partial charge in [-0.1, -0.05) is 36.4 Å². The molecule has 2 aliphatic heterocycles. The van der Waals surface area contributed by atoms with Crippen LogP contribution in [0.3, 0.4) is 0 Å². The number of likely N-dealkylation sites (tertiary alicyclic amines) is 2. The molecular weight excluding hydrogens is 604 g/mol. The van der Waals surface area contributed by atoms with Crippen molar-refractivity contribution in [2.45, 2.75) is 116 Å². The minimum absolute atomic E-state index is 0.152. The zero-order chi connectivity index (χ0) is 34.8. The van der Waals surface area contributed by atoms with Crippen molar-refractivity contribution in [3.63, 3.8) is 0 Å².